The first-order chi connectivity index (χ1) is 19.7. The van der Waals surface area contributed by atoms with Crippen molar-refractivity contribution in [3.05, 3.63) is 56.2 Å². The number of nitrogens with one attached hydrogen (secondary N) is 1. The number of fused-ring (bicyclic) bond motifs is 1. The van der Waals surface area contributed by atoms with Crippen molar-refractivity contribution >= 4 is 62.4 Å². The molecule has 8 nitrogen and oxygen atoms in total. The average Bonchev–Trinajstić information content (AvgIpc) is 3.38. The third kappa shape index (κ3) is 6.63. The van der Waals surface area contributed by atoms with Crippen LogP contribution in [0.5, 0.6) is 17.2 Å². The maximum Gasteiger partial charge on any atom is 0.283 e. The van der Waals surface area contributed by atoms with Gasteiger partial charge in [0.05, 0.1) is 16.3 Å². The molecule has 0 spiro atoms. The van der Waals surface area contributed by atoms with Crippen LogP contribution >= 0.6 is 34.4 Å². The normalized spacial score (nSPS) is 18.5. The van der Waals surface area contributed by atoms with Crippen molar-refractivity contribution < 1.29 is 19.0 Å². The topological polar surface area (TPSA) is 96.6 Å². The summed E-state index contributed by atoms with van der Waals surface area (Å²) in [4.78, 5) is 17.2. The van der Waals surface area contributed by atoms with Crippen molar-refractivity contribution in [3.8, 4) is 17.2 Å². The molecule has 0 bridgehead atoms. The second-order valence-corrected chi connectivity index (χ2v) is 12.9. The van der Waals surface area contributed by atoms with Gasteiger partial charge in [-0.25, -0.2) is 0 Å². The van der Waals surface area contributed by atoms with Crippen LogP contribution in [0.1, 0.15) is 68.6 Å². The lowest BCUT2D eigenvalue weighted by Crippen LogP contribution is -2.35. The number of halogens is 1. The minimum absolute atomic E-state index is 0.0432. The molecule has 0 radical (unpaired) electrons. The number of aliphatic imine (C=N–C) groups is 1. The smallest absolute Gasteiger partial charge is 0.283 e. The summed E-state index contributed by atoms with van der Waals surface area (Å²) in [6.45, 7) is 7.08. The van der Waals surface area contributed by atoms with Crippen LogP contribution in [0, 0.1) is 21.8 Å². The predicted molar refractivity (Wildman–Crippen MR) is 174 cm³/mol. The van der Waals surface area contributed by atoms with Crippen LogP contribution in [0.4, 0.5) is 0 Å². The first-order valence-electron chi connectivity index (χ1n) is 14.0. The maximum atomic E-state index is 13.0. The number of hydrogen-bond acceptors (Lipinski definition) is 7. The molecular weight excluding hydrogens is 651 g/mol. The quantitative estimate of drug-likeness (QED) is 0.168. The standard InChI is InChI=1S/C31H35IN4O4S/c1-18(2)22-11-10-19(3)14-25(22)39-12-13-40-27-24(32)16-20(17-26(27)38-4)15-23-28(33)36-31(34-29(23)37)41-30(35-36)21-8-6-5-7-9-21/h10-11,14-18,21,33H,5-9,12-13H2,1-4H3/b23-15-,33-28?. The Morgan fingerprint density at radius 3 is 2.61 bits per heavy atom. The summed E-state index contributed by atoms with van der Waals surface area (Å²) in [6.07, 6.45) is 7.51. The van der Waals surface area contributed by atoms with E-state index in [2.05, 4.69) is 66.6 Å². The summed E-state index contributed by atoms with van der Waals surface area (Å²) >= 11 is 3.62. The molecule has 2 heterocycles. The Kier molecular flexibility index (Phi) is 9.38. The number of benzene rings is 2. The number of carbonyl (C=O) groups is 1. The van der Waals surface area contributed by atoms with E-state index in [0.29, 0.717) is 47.3 Å². The summed E-state index contributed by atoms with van der Waals surface area (Å²) in [5, 5.41) is 16.4. The summed E-state index contributed by atoms with van der Waals surface area (Å²) < 4.78 is 18.6. The number of amidine groups is 2. The molecule has 5 rings (SSSR count). The van der Waals surface area contributed by atoms with E-state index in [1.165, 1.54) is 41.6 Å². The van der Waals surface area contributed by atoms with Gasteiger partial charge in [-0.3, -0.25) is 10.2 Å². The van der Waals surface area contributed by atoms with Gasteiger partial charge in [0.1, 0.15) is 24.0 Å². The van der Waals surface area contributed by atoms with Crippen LogP contribution in [-0.4, -0.2) is 47.3 Å². The van der Waals surface area contributed by atoms with Crippen LogP contribution in [0.25, 0.3) is 6.08 Å². The van der Waals surface area contributed by atoms with Gasteiger partial charge in [-0.15, -0.1) is 0 Å². The number of ether oxygens (including phenoxy) is 3. The number of carbonyl (C=O) groups excluding carboxylic acids is 1. The lowest BCUT2D eigenvalue weighted by molar-refractivity contribution is -0.114. The fraction of sp³-hybridized carbons (Fsp3) is 0.419. The van der Waals surface area contributed by atoms with Gasteiger partial charge in [0.2, 0.25) is 5.17 Å². The summed E-state index contributed by atoms with van der Waals surface area (Å²) in [5.74, 6) is 2.38. The lowest BCUT2D eigenvalue weighted by Gasteiger charge is -2.20. The zero-order chi connectivity index (χ0) is 29.1. The van der Waals surface area contributed by atoms with Gasteiger partial charge in [-0.1, -0.05) is 45.2 Å². The fourth-order valence-corrected chi connectivity index (χ4v) is 7.03. The SMILES string of the molecule is COc1cc(/C=C2/C(=N)N3N=C(C4CCCCC4)SC3=NC2=O)cc(I)c1OCCOc1cc(C)ccc1C(C)C. The Morgan fingerprint density at radius 1 is 1.12 bits per heavy atom. The summed E-state index contributed by atoms with van der Waals surface area (Å²) in [6, 6.07) is 9.98. The molecule has 3 aliphatic rings. The molecule has 1 N–H and O–H groups in total. The molecule has 10 heteroatoms. The van der Waals surface area contributed by atoms with Gasteiger partial charge in [-0.2, -0.15) is 15.1 Å². The second-order valence-electron chi connectivity index (χ2n) is 10.7. The number of thioether (sulfide) groups is 1. The van der Waals surface area contributed by atoms with Crippen LogP contribution < -0.4 is 14.2 Å². The zero-order valence-electron chi connectivity index (χ0n) is 23.8. The molecule has 1 fully saturated rings. The Bertz CT molecular complexity index is 1450. The molecule has 1 saturated carbocycles. The third-order valence-electron chi connectivity index (χ3n) is 7.37. The highest BCUT2D eigenvalue weighted by Crippen LogP contribution is 2.38. The van der Waals surface area contributed by atoms with Crippen LogP contribution in [0.15, 0.2) is 46.0 Å². The van der Waals surface area contributed by atoms with Gasteiger partial charge < -0.3 is 14.2 Å². The highest BCUT2D eigenvalue weighted by Gasteiger charge is 2.38. The number of rotatable bonds is 9. The van der Waals surface area contributed by atoms with E-state index in [4.69, 9.17) is 24.7 Å². The highest BCUT2D eigenvalue weighted by molar-refractivity contribution is 14.1. The van der Waals surface area contributed by atoms with Gasteiger partial charge in [-0.05, 0) is 101 Å². The third-order valence-corrected chi connectivity index (χ3v) is 9.24. The van der Waals surface area contributed by atoms with Crippen molar-refractivity contribution in [1.29, 1.82) is 5.41 Å². The molecule has 0 saturated heterocycles. The molecule has 1 aliphatic carbocycles. The van der Waals surface area contributed by atoms with Crippen molar-refractivity contribution in [2.75, 3.05) is 20.3 Å². The number of aryl methyl sites for hydroxylation is 1. The monoisotopic (exact) mass is 686 g/mol. The lowest BCUT2D eigenvalue weighted by atomic mass is 9.90. The van der Waals surface area contributed by atoms with Gasteiger partial charge in [0.15, 0.2) is 17.3 Å². The van der Waals surface area contributed by atoms with E-state index in [1.807, 2.05) is 6.07 Å². The van der Waals surface area contributed by atoms with E-state index < -0.39 is 5.91 Å². The second kappa shape index (κ2) is 13.0. The first kappa shape index (κ1) is 29.6. The van der Waals surface area contributed by atoms with Gasteiger partial charge in [0.25, 0.3) is 5.91 Å². The molecular formula is C31H35IN4O4S. The Morgan fingerprint density at radius 2 is 1.88 bits per heavy atom. The summed E-state index contributed by atoms with van der Waals surface area (Å²) in [7, 11) is 1.58. The number of hydrazone groups is 1. The maximum absolute atomic E-state index is 13.0. The first-order valence-corrected chi connectivity index (χ1v) is 15.9. The molecule has 2 aromatic carbocycles. The van der Waals surface area contributed by atoms with E-state index in [1.54, 1.807) is 19.3 Å². The van der Waals surface area contributed by atoms with Gasteiger partial charge >= 0.3 is 0 Å². The Labute approximate surface area is 259 Å². The Hall–Kier alpha value is -2.86. The van der Waals surface area contributed by atoms with Crippen molar-refractivity contribution in [1.82, 2.24) is 5.01 Å². The number of methoxy groups -OCH3 is 1. The molecule has 216 valence electrons. The largest absolute Gasteiger partial charge is 0.493 e. The molecule has 41 heavy (non-hydrogen) atoms. The van der Waals surface area contributed by atoms with E-state index in [-0.39, 0.29) is 11.4 Å². The minimum Gasteiger partial charge on any atom is -0.493 e. The fourth-order valence-electron chi connectivity index (χ4n) is 5.19. The molecule has 2 aromatic rings. The highest BCUT2D eigenvalue weighted by atomic mass is 127. The van der Waals surface area contributed by atoms with Gasteiger partial charge in [0, 0.05) is 5.92 Å². The number of amides is 1. The van der Waals surface area contributed by atoms with Crippen LogP contribution in [-0.2, 0) is 4.79 Å². The van der Waals surface area contributed by atoms with Crippen molar-refractivity contribution in [2.45, 2.75) is 58.8 Å². The van der Waals surface area contributed by atoms with Crippen molar-refractivity contribution in [2.24, 2.45) is 16.0 Å². The molecule has 0 atom stereocenters. The molecule has 2 aliphatic heterocycles. The molecule has 1 amide bonds. The van der Waals surface area contributed by atoms with E-state index in [9.17, 15) is 4.79 Å². The van der Waals surface area contributed by atoms with Crippen molar-refractivity contribution in [3.63, 3.8) is 0 Å². The molecule has 0 aromatic heterocycles. The predicted octanol–water partition coefficient (Wildman–Crippen LogP) is 7.39. The minimum atomic E-state index is -0.433. The average molecular weight is 687 g/mol. The Balaban J connectivity index is 1.29. The number of nitrogens with zero attached hydrogens (tertiary/aromatic N) is 3. The molecule has 0 unspecified atom stereocenters. The zero-order valence-corrected chi connectivity index (χ0v) is 26.8. The number of hydrogen-bond donors (Lipinski definition) is 1. The van der Waals surface area contributed by atoms with E-state index >= 15 is 0 Å². The van der Waals surface area contributed by atoms with E-state index in [0.717, 1.165) is 32.8 Å². The van der Waals surface area contributed by atoms with Crippen LogP contribution in [0.2, 0.25) is 0 Å². The van der Waals surface area contributed by atoms with Crippen LogP contribution in [0.3, 0.4) is 0 Å². The summed E-state index contributed by atoms with van der Waals surface area (Å²) in [5.41, 5.74) is 3.23.